The van der Waals surface area contributed by atoms with Gasteiger partial charge in [-0.05, 0) is 17.7 Å². The van der Waals surface area contributed by atoms with Gasteiger partial charge in [0.2, 0.25) is 0 Å². The Morgan fingerprint density at radius 3 is 2.83 bits per heavy atom. The Kier molecular flexibility index (Phi) is 3.53. The maximum atomic E-state index is 11.7. The van der Waals surface area contributed by atoms with Gasteiger partial charge < -0.3 is 20.2 Å². The number of aromatic amines is 1. The SMILES string of the molecule is COC(=O)C(CN)c1c[nH]c2cc(OC)ccc12. The average molecular weight is 248 g/mol. The fourth-order valence-corrected chi connectivity index (χ4v) is 2.04. The summed E-state index contributed by atoms with van der Waals surface area (Å²) in [6.45, 7) is 0.214. The maximum absolute atomic E-state index is 11.7. The van der Waals surface area contributed by atoms with Crippen LogP contribution in [0.5, 0.6) is 5.75 Å². The van der Waals surface area contributed by atoms with Crippen molar-refractivity contribution in [1.82, 2.24) is 4.98 Å². The third kappa shape index (κ3) is 2.04. The highest BCUT2D eigenvalue weighted by Crippen LogP contribution is 2.28. The molecule has 1 aromatic heterocycles. The van der Waals surface area contributed by atoms with Gasteiger partial charge in [0.05, 0.1) is 20.1 Å². The lowest BCUT2D eigenvalue weighted by atomic mass is 9.99. The largest absolute Gasteiger partial charge is 0.497 e. The van der Waals surface area contributed by atoms with Crippen molar-refractivity contribution in [1.29, 1.82) is 0 Å². The lowest BCUT2D eigenvalue weighted by Gasteiger charge is -2.11. The molecule has 0 spiro atoms. The molecule has 0 aliphatic rings. The number of benzene rings is 1. The van der Waals surface area contributed by atoms with E-state index < -0.39 is 5.92 Å². The van der Waals surface area contributed by atoms with Crippen LogP contribution < -0.4 is 10.5 Å². The van der Waals surface area contributed by atoms with Gasteiger partial charge in [-0.25, -0.2) is 0 Å². The molecule has 0 bridgehead atoms. The van der Waals surface area contributed by atoms with Crippen LogP contribution >= 0.6 is 0 Å². The van der Waals surface area contributed by atoms with Crippen LogP contribution in [0, 0.1) is 0 Å². The summed E-state index contributed by atoms with van der Waals surface area (Å²) in [4.78, 5) is 14.8. The minimum Gasteiger partial charge on any atom is -0.497 e. The molecule has 18 heavy (non-hydrogen) atoms. The zero-order valence-corrected chi connectivity index (χ0v) is 10.4. The lowest BCUT2D eigenvalue weighted by molar-refractivity contribution is -0.142. The monoisotopic (exact) mass is 248 g/mol. The highest BCUT2D eigenvalue weighted by atomic mass is 16.5. The second kappa shape index (κ2) is 5.10. The predicted octanol–water partition coefficient (Wildman–Crippen LogP) is 1.39. The molecule has 0 saturated heterocycles. The summed E-state index contributed by atoms with van der Waals surface area (Å²) in [5, 5.41) is 0.955. The first-order valence-electron chi connectivity index (χ1n) is 5.64. The Labute approximate surface area is 105 Å². The van der Waals surface area contributed by atoms with Crippen LogP contribution in [0.25, 0.3) is 10.9 Å². The number of rotatable bonds is 4. The lowest BCUT2D eigenvalue weighted by Crippen LogP contribution is -2.22. The molecule has 1 unspecified atom stereocenters. The van der Waals surface area contributed by atoms with Gasteiger partial charge in [0.1, 0.15) is 5.75 Å². The summed E-state index contributed by atoms with van der Waals surface area (Å²) in [5.74, 6) is -0.00960. The number of esters is 1. The minimum atomic E-state index is -0.447. The zero-order chi connectivity index (χ0) is 13.1. The molecule has 2 rings (SSSR count). The van der Waals surface area contributed by atoms with Gasteiger partial charge in [-0.1, -0.05) is 0 Å². The molecule has 96 valence electrons. The van der Waals surface area contributed by atoms with E-state index >= 15 is 0 Å². The van der Waals surface area contributed by atoms with Crippen molar-refractivity contribution < 1.29 is 14.3 Å². The quantitative estimate of drug-likeness (QED) is 0.801. The Hall–Kier alpha value is -2.01. The number of H-pyrrole nitrogens is 1. The molecule has 0 amide bonds. The molecule has 1 heterocycles. The van der Waals surface area contributed by atoms with Gasteiger partial charge in [0.25, 0.3) is 0 Å². The zero-order valence-electron chi connectivity index (χ0n) is 10.4. The third-order valence-corrected chi connectivity index (χ3v) is 3.02. The topological polar surface area (TPSA) is 77.3 Å². The molecule has 2 aromatic rings. The van der Waals surface area contributed by atoms with Crippen LogP contribution in [0.4, 0.5) is 0 Å². The minimum absolute atomic E-state index is 0.214. The molecule has 0 radical (unpaired) electrons. The van der Waals surface area contributed by atoms with E-state index in [1.165, 1.54) is 7.11 Å². The van der Waals surface area contributed by atoms with Crippen LogP contribution in [0.1, 0.15) is 11.5 Å². The van der Waals surface area contributed by atoms with Crippen LogP contribution in [0.2, 0.25) is 0 Å². The standard InChI is InChI=1S/C13H16N2O3/c1-17-8-3-4-9-11(7-15-12(9)5-8)10(6-14)13(16)18-2/h3-5,7,10,15H,6,14H2,1-2H3. The van der Waals surface area contributed by atoms with E-state index in [0.717, 1.165) is 22.2 Å². The molecular weight excluding hydrogens is 232 g/mol. The maximum Gasteiger partial charge on any atom is 0.314 e. The van der Waals surface area contributed by atoms with Crippen molar-refractivity contribution in [2.45, 2.75) is 5.92 Å². The van der Waals surface area contributed by atoms with Gasteiger partial charge in [-0.15, -0.1) is 0 Å². The van der Waals surface area contributed by atoms with Crippen molar-refractivity contribution >= 4 is 16.9 Å². The highest BCUT2D eigenvalue weighted by molar-refractivity contribution is 5.90. The van der Waals surface area contributed by atoms with Crippen molar-refractivity contribution in [3.8, 4) is 5.75 Å². The Bertz CT molecular complexity index is 562. The fraction of sp³-hybridized carbons (Fsp3) is 0.308. The Morgan fingerprint density at radius 2 is 2.22 bits per heavy atom. The third-order valence-electron chi connectivity index (χ3n) is 3.02. The van der Waals surface area contributed by atoms with E-state index in [1.54, 1.807) is 13.3 Å². The van der Waals surface area contributed by atoms with E-state index in [9.17, 15) is 4.79 Å². The molecule has 0 saturated carbocycles. The predicted molar refractivity (Wildman–Crippen MR) is 68.7 cm³/mol. The summed E-state index contributed by atoms with van der Waals surface area (Å²) in [5.41, 5.74) is 7.41. The number of nitrogens with two attached hydrogens (primary N) is 1. The molecule has 1 atom stereocenters. The van der Waals surface area contributed by atoms with Crippen molar-refractivity contribution in [2.75, 3.05) is 20.8 Å². The molecule has 5 nitrogen and oxygen atoms in total. The Morgan fingerprint density at radius 1 is 1.44 bits per heavy atom. The molecular formula is C13H16N2O3. The normalized spacial score (nSPS) is 12.4. The summed E-state index contributed by atoms with van der Waals surface area (Å²) in [6, 6.07) is 5.64. The molecule has 3 N–H and O–H groups in total. The van der Waals surface area contributed by atoms with Gasteiger partial charge >= 0.3 is 5.97 Å². The first-order chi connectivity index (χ1) is 8.71. The number of hydrogen-bond acceptors (Lipinski definition) is 4. The highest BCUT2D eigenvalue weighted by Gasteiger charge is 2.22. The smallest absolute Gasteiger partial charge is 0.314 e. The van der Waals surface area contributed by atoms with Crippen molar-refractivity contribution in [3.05, 3.63) is 30.0 Å². The van der Waals surface area contributed by atoms with Gasteiger partial charge in [-0.3, -0.25) is 4.79 Å². The second-order valence-electron chi connectivity index (χ2n) is 3.97. The average Bonchev–Trinajstić information content (AvgIpc) is 2.82. The number of methoxy groups -OCH3 is 2. The van der Waals surface area contributed by atoms with Crippen molar-refractivity contribution in [3.63, 3.8) is 0 Å². The molecule has 1 aromatic carbocycles. The van der Waals surface area contributed by atoms with Crippen LogP contribution in [-0.2, 0) is 9.53 Å². The van der Waals surface area contributed by atoms with E-state index in [4.69, 9.17) is 15.2 Å². The second-order valence-corrected chi connectivity index (χ2v) is 3.97. The van der Waals surface area contributed by atoms with Crippen LogP contribution in [0.3, 0.4) is 0 Å². The van der Waals surface area contributed by atoms with Crippen LogP contribution in [-0.4, -0.2) is 31.7 Å². The molecule has 0 fully saturated rings. The van der Waals surface area contributed by atoms with Gasteiger partial charge in [-0.2, -0.15) is 0 Å². The number of ether oxygens (including phenoxy) is 2. The number of hydrogen-bond donors (Lipinski definition) is 2. The first-order valence-corrected chi connectivity index (χ1v) is 5.64. The molecule has 0 aliphatic carbocycles. The number of carbonyl (C=O) groups excluding carboxylic acids is 1. The van der Waals surface area contributed by atoms with E-state index in [-0.39, 0.29) is 12.5 Å². The summed E-state index contributed by atoms with van der Waals surface area (Å²) in [7, 11) is 2.98. The number of fused-ring (bicyclic) bond motifs is 1. The summed E-state index contributed by atoms with van der Waals surface area (Å²) < 4.78 is 9.91. The fourth-order valence-electron chi connectivity index (χ4n) is 2.04. The summed E-state index contributed by atoms with van der Waals surface area (Å²) >= 11 is 0. The number of carbonyl (C=O) groups is 1. The molecule has 0 aliphatic heterocycles. The van der Waals surface area contributed by atoms with E-state index in [0.29, 0.717) is 0 Å². The van der Waals surface area contributed by atoms with Crippen LogP contribution in [0.15, 0.2) is 24.4 Å². The van der Waals surface area contributed by atoms with Gasteiger partial charge in [0.15, 0.2) is 0 Å². The molecule has 5 heteroatoms. The van der Waals surface area contributed by atoms with E-state index in [1.807, 2.05) is 18.2 Å². The number of aromatic nitrogens is 1. The number of nitrogens with one attached hydrogen (secondary N) is 1. The summed E-state index contributed by atoms with van der Waals surface area (Å²) in [6.07, 6.45) is 1.79. The van der Waals surface area contributed by atoms with Gasteiger partial charge in [0, 0.05) is 29.7 Å². The van der Waals surface area contributed by atoms with Crippen molar-refractivity contribution in [2.24, 2.45) is 5.73 Å². The first kappa shape index (κ1) is 12.4. The van der Waals surface area contributed by atoms with E-state index in [2.05, 4.69) is 4.98 Å². The Balaban J connectivity index is 2.48.